The molecule has 6 nitrogen and oxygen atoms in total. The van der Waals surface area contributed by atoms with Gasteiger partial charge in [0.05, 0.1) is 17.4 Å². The average molecular weight is 469 g/mol. The summed E-state index contributed by atoms with van der Waals surface area (Å²) in [7, 11) is 0. The van der Waals surface area contributed by atoms with Gasteiger partial charge in [-0.3, -0.25) is 9.59 Å². The molecule has 2 heterocycles. The van der Waals surface area contributed by atoms with Gasteiger partial charge < -0.3 is 19.4 Å². The summed E-state index contributed by atoms with van der Waals surface area (Å²) in [6.07, 6.45) is 4.35. The summed E-state index contributed by atoms with van der Waals surface area (Å²) in [5, 5.41) is 3.08. The molecule has 0 aliphatic carbocycles. The second-order valence-electron chi connectivity index (χ2n) is 7.11. The van der Waals surface area contributed by atoms with Crippen LogP contribution in [0.4, 0.5) is 0 Å². The van der Waals surface area contributed by atoms with E-state index in [-0.39, 0.29) is 17.9 Å². The number of carbonyl (C=O) groups excluding carboxylic acids is 2. The van der Waals surface area contributed by atoms with Crippen LogP contribution in [0.15, 0.2) is 76.0 Å². The van der Waals surface area contributed by atoms with Crippen molar-refractivity contribution < 1.29 is 18.7 Å². The van der Waals surface area contributed by atoms with Gasteiger partial charge in [0.25, 0.3) is 11.8 Å². The SMILES string of the molecule is O=C(NC1CCN(C(=O)c2ccoc2)CC1)c1ccccc1Oc1cccc(Br)c1. The van der Waals surface area contributed by atoms with Crippen LogP contribution >= 0.6 is 15.9 Å². The number of halogens is 1. The Morgan fingerprint density at radius 3 is 2.60 bits per heavy atom. The lowest BCUT2D eigenvalue weighted by molar-refractivity contribution is 0.0697. The second kappa shape index (κ2) is 9.17. The highest BCUT2D eigenvalue weighted by Gasteiger charge is 2.26. The number of piperidine rings is 1. The van der Waals surface area contributed by atoms with Crippen molar-refractivity contribution in [3.8, 4) is 11.5 Å². The van der Waals surface area contributed by atoms with E-state index in [9.17, 15) is 9.59 Å². The van der Waals surface area contributed by atoms with E-state index in [1.165, 1.54) is 12.5 Å². The van der Waals surface area contributed by atoms with E-state index in [2.05, 4.69) is 21.2 Å². The zero-order chi connectivity index (χ0) is 20.9. The van der Waals surface area contributed by atoms with Crippen molar-refractivity contribution in [2.24, 2.45) is 0 Å². The van der Waals surface area contributed by atoms with Crippen LogP contribution in [0.1, 0.15) is 33.6 Å². The number of benzene rings is 2. The van der Waals surface area contributed by atoms with E-state index >= 15 is 0 Å². The number of rotatable bonds is 5. The quantitative estimate of drug-likeness (QED) is 0.579. The number of hydrogen-bond donors (Lipinski definition) is 1. The molecule has 1 aromatic heterocycles. The van der Waals surface area contributed by atoms with E-state index in [1.807, 2.05) is 36.4 Å². The van der Waals surface area contributed by atoms with Crippen molar-refractivity contribution in [1.82, 2.24) is 10.2 Å². The molecule has 4 rings (SSSR count). The van der Waals surface area contributed by atoms with Crippen LogP contribution in [-0.4, -0.2) is 35.8 Å². The number of carbonyl (C=O) groups is 2. The van der Waals surface area contributed by atoms with Crippen LogP contribution < -0.4 is 10.1 Å². The summed E-state index contributed by atoms with van der Waals surface area (Å²) in [5.74, 6) is 0.929. The van der Waals surface area contributed by atoms with Crippen molar-refractivity contribution in [3.05, 3.63) is 82.7 Å². The molecule has 3 aromatic rings. The van der Waals surface area contributed by atoms with Crippen LogP contribution in [0.3, 0.4) is 0 Å². The zero-order valence-corrected chi connectivity index (χ0v) is 17.8. The van der Waals surface area contributed by atoms with Crippen molar-refractivity contribution in [2.45, 2.75) is 18.9 Å². The Morgan fingerprint density at radius 1 is 1.07 bits per heavy atom. The minimum absolute atomic E-state index is 0.00447. The summed E-state index contributed by atoms with van der Waals surface area (Å²) < 4.78 is 11.8. The molecule has 1 fully saturated rings. The molecule has 0 radical (unpaired) electrons. The molecule has 0 spiro atoms. The van der Waals surface area contributed by atoms with Crippen LogP contribution in [0, 0.1) is 0 Å². The predicted octanol–water partition coefficient (Wildman–Crippen LogP) is 4.87. The normalized spacial score (nSPS) is 14.4. The number of ether oxygens (including phenoxy) is 1. The third-order valence-electron chi connectivity index (χ3n) is 5.04. The molecule has 0 bridgehead atoms. The number of nitrogens with zero attached hydrogens (tertiary/aromatic N) is 1. The Bertz CT molecular complexity index is 1030. The highest BCUT2D eigenvalue weighted by Crippen LogP contribution is 2.27. The molecule has 0 unspecified atom stereocenters. The molecule has 1 saturated heterocycles. The highest BCUT2D eigenvalue weighted by molar-refractivity contribution is 9.10. The third kappa shape index (κ3) is 4.74. The molecular formula is C23H21BrN2O4. The fourth-order valence-electron chi connectivity index (χ4n) is 3.46. The molecule has 154 valence electrons. The number of para-hydroxylation sites is 1. The summed E-state index contributed by atoms with van der Waals surface area (Å²) >= 11 is 3.42. The first-order valence-electron chi connectivity index (χ1n) is 9.75. The first-order valence-corrected chi connectivity index (χ1v) is 10.5. The van der Waals surface area contributed by atoms with E-state index < -0.39 is 0 Å². The number of hydrogen-bond acceptors (Lipinski definition) is 4. The molecular weight excluding hydrogens is 448 g/mol. The molecule has 2 aromatic carbocycles. The van der Waals surface area contributed by atoms with Gasteiger partial charge >= 0.3 is 0 Å². The van der Waals surface area contributed by atoms with Gasteiger partial charge in [0.1, 0.15) is 17.8 Å². The lowest BCUT2D eigenvalue weighted by Crippen LogP contribution is -2.46. The smallest absolute Gasteiger partial charge is 0.257 e. The van der Waals surface area contributed by atoms with Crippen LogP contribution in [0.25, 0.3) is 0 Å². The van der Waals surface area contributed by atoms with Gasteiger partial charge in [-0.15, -0.1) is 0 Å². The van der Waals surface area contributed by atoms with Crippen molar-refractivity contribution in [1.29, 1.82) is 0 Å². The minimum atomic E-state index is -0.180. The summed E-state index contributed by atoms with van der Waals surface area (Å²) in [6.45, 7) is 1.18. The maximum atomic E-state index is 12.9. The van der Waals surface area contributed by atoms with Gasteiger partial charge in [-0.05, 0) is 49.2 Å². The average Bonchev–Trinajstić information content (AvgIpc) is 3.29. The minimum Gasteiger partial charge on any atom is -0.472 e. The molecule has 2 amide bonds. The molecule has 0 saturated carbocycles. The largest absolute Gasteiger partial charge is 0.472 e. The topological polar surface area (TPSA) is 71.8 Å². The van der Waals surface area contributed by atoms with Crippen molar-refractivity contribution >= 4 is 27.7 Å². The molecule has 7 heteroatoms. The monoisotopic (exact) mass is 468 g/mol. The lowest BCUT2D eigenvalue weighted by Gasteiger charge is -2.32. The Hall–Kier alpha value is -3.06. The second-order valence-corrected chi connectivity index (χ2v) is 8.02. The fraction of sp³-hybridized carbons (Fsp3) is 0.217. The van der Waals surface area contributed by atoms with Gasteiger partial charge in [0.2, 0.25) is 0 Å². The van der Waals surface area contributed by atoms with Crippen molar-refractivity contribution in [2.75, 3.05) is 13.1 Å². The number of furan rings is 1. The number of nitrogens with one attached hydrogen (secondary N) is 1. The first kappa shape index (κ1) is 20.2. The highest BCUT2D eigenvalue weighted by atomic mass is 79.9. The third-order valence-corrected chi connectivity index (χ3v) is 5.53. The maximum absolute atomic E-state index is 12.9. The van der Waals surface area contributed by atoms with Crippen LogP contribution in [-0.2, 0) is 0 Å². The summed E-state index contributed by atoms with van der Waals surface area (Å²) in [5.41, 5.74) is 1.03. The molecule has 30 heavy (non-hydrogen) atoms. The molecule has 1 aliphatic rings. The Kier molecular flexibility index (Phi) is 6.18. The Labute approximate surface area is 183 Å². The number of likely N-dealkylation sites (tertiary alicyclic amines) is 1. The Balaban J connectivity index is 1.37. The summed E-state index contributed by atoms with van der Waals surface area (Å²) in [6, 6.07) is 16.3. The number of amides is 2. The standard InChI is InChI=1S/C23H21BrN2O4/c24-17-4-3-5-19(14-17)30-21-7-2-1-6-20(21)22(27)25-18-8-11-26(12-9-18)23(28)16-10-13-29-15-16/h1-7,10,13-15,18H,8-9,11-12H2,(H,25,27). The molecule has 0 atom stereocenters. The van der Waals surface area contributed by atoms with Gasteiger partial charge in [-0.2, -0.15) is 0 Å². The van der Waals surface area contributed by atoms with Gasteiger partial charge in [-0.1, -0.05) is 34.1 Å². The fourth-order valence-corrected chi connectivity index (χ4v) is 3.84. The maximum Gasteiger partial charge on any atom is 0.257 e. The van der Waals surface area contributed by atoms with E-state index in [0.717, 1.165) is 4.47 Å². The predicted molar refractivity (Wildman–Crippen MR) is 116 cm³/mol. The van der Waals surface area contributed by atoms with Crippen molar-refractivity contribution in [3.63, 3.8) is 0 Å². The van der Waals surface area contributed by atoms with Gasteiger partial charge in [0.15, 0.2) is 0 Å². The zero-order valence-electron chi connectivity index (χ0n) is 16.2. The van der Waals surface area contributed by atoms with E-state index in [1.54, 1.807) is 23.1 Å². The molecule has 1 N–H and O–H groups in total. The van der Waals surface area contributed by atoms with Gasteiger partial charge in [0, 0.05) is 23.6 Å². The van der Waals surface area contributed by atoms with Crippen LogP contribution in [0.2, 0.25) is 0 Å². The first-order chi connectivity index (χ1) is 14.6. The van der Waals surface area contributed by atoms with Crippen LogP contribution in [0.5, 0.6) is 11.5 Å². The van der Waals surface area contributed by atoms with E-state index in [0.29, 0.717) is 48.6 Å². The lowest BCUT2D eigenvalue weighted by atomic mass is 10.0. The van der Waals surface area contributed by atoms with E-state index in [4.69, 9.17) is 9.15 Å². The molecule has 1 aliphatic heterocycles. The van der Waals surface area contributed by atoms with Gasteiger partial charge in [-0.25, -0.2) is 0 Å². The Morgan fingerprint density at radius 2 is 1.87 bits per heavy atom. The summed E-state index contributed by atoms with van der Waals surface area (Å²) in [4.78, 5) is 27.1.